The first-order chi connectivity index (χ1) is 14.8. The van der Waals surface area contributed by atoms with E-state index in [1.807, 2.05) is 26.0 Å². The summed E-state index contributed by atoms with van der Waals surface area (Å²) in [6, 6.07) is 10.0. The van der Waals surface area contributed by atoms with Gasteiger partial charge in [0.05, 0.1) is 32.4 Å². The molecule has 7 heteroatoms. The van der Waals surface area contributed by atoms with Gasteiger partial charge in [0.15, 0.2) is 11.5 Å². The first kappa shape index (κ1) is 22.4. The highest BCUT2D eigenvalue weighted by Gasteiger charge is 2.46. The molecule has 0 bridgehead atoms. The topological polar surface area (TPSA) is 85.3 Å². The van der Waals surface area contributed by atoms with Crippen LogP contribution in [0.1, 0.15) is 28.3 Å². The van der Waals surface area contributed by atoms with Gasteiger partial charge in [-0.05, 0) is 43.2 Å². The zero-order chi connectivity index (χ0) is 22.7. The van der Waals surface area contributed by atoms with Gasteiger partial charge < -0.3 is 24.2 Å². The van der Waals surface area contributed by atoms with Crippen LogP contribution in [0.25, 0.3) is 5.76 Å². The molecule has 31 heavy (non-hydrogen) atoms. The lowest BCUT2D eigenvalue weighted by Gasteiger charge is -2.25. The number of likely N-dealkylation sites (tertiary alicyclic amines) is 1. The van der Waals surface area contributed by atoms with Gasteiger partial charge in [0.1, 0.15) is 5.76 Å². The smallest absolute Gasteiger partial charge is 0.295 e. The number of ketones is 1. The Kier molecular flexibility index (Phi) is 6.65. The SMILES string of the molecule is COCCN1C(=O)C(=O)/C(=C(/O)c2cc(C)ccc2C)C1c1ccc(OC)c(OC)c1. The van der Waals surface area contributed by atoms with Gasteiger partial charge in [-0.3, -0.25) is 9.59 Å². The summed E-state index contributed by atoms with van der Waals surface area (Å²) in [6.45, 7) is 4.20. The fourth-order valence-corrected chi connectivity index (χ4v) is 3.81. The first-order valence-electron chi connectivity index (χ1n) is 9.90. The van der Waals surface area contributed by atoms with Crippen molar-refractivity contribution < 1.29 is 28.9 Å². The summed E-state index contributed by atoms with van der Waals surface area (Å²) in [5, 5.41) is 11.2. The molecule has 1 aliphatic rings. The van der Waals surface area contributed by atoms with Crippen molar-refractivity contribution in [3.63, 3.8) is 0 Å². The molecule has 2 aromatic carbocycles. The largest absolute Gasteiger partial charge is 0.507 e. The van der Waals surface area contributed by atoms with Crippen molar-refractivity contribution in [3.05, 3.63) is 64.2 Å². The van der Waals surface area contributed by atoms with Crippen LogP contribution < -0.4 is 9.47 Å². The number of benzene rings is 2. The van der Waals surface area contributed by atoms with E-state index in [-0.39, 0.29) is 24.5 Å². The van der Waals surface area contributed by atoms with Crippen LogP contribution in [-0.4, -0.2) is 56.2 Å². The summed E-state index contributed by atoms with van der Waals surface area (Å²) in [5.41, 5.74) is 2.93. The molecule has 0 radical (unpaired) electrons. The number of nitrogens with zero attached hydrogens (tertiary/aromatic N) is 1. The highest BCUT2D eigenvalue weighted by atomic mass is 16.5. The summed E-state index contributed by atoms with van der Waals surface area (Å²) in [4.78, 5) is 27.4. The van der Waals surface area contributed by atoms with Crippen LogP contribution in [0.3, 0.4) is 0 Å². The zero-order valence-electron chi connectivity index (χ0n) is 18.4. The molecular formula is C24H27NO6. The Hall–Kier alpha value is -3.32. The average molecular weight is 425 g/mol. The lowest BCUT2D eigenvalue weighted by atomic mass is 9.93. The van der Waals surface area contributed by atoms with Gasteiger partial charge in [-0.25, -0.2) is 0 Å². The molecule has 1 unspecified atom stereocenters. The molecule has 1 aliphatic heterocycles. The van der Waals surface area contributed by atoms with Gasteiger partial charge in [0.2, 0.25) is 0 Å². The number of carbonyl (C=O) groups excluding carboxylic acids is 2. The van der Waals surface area contributed by atoms with Crippen molar-refractivity contribution in [2.45, 2.75) is 19.9 Å². The highest BCUT2D eigenvalue weighted by Crippen LogP contribution is 2.42. The number of ether oxygens (including phenoxy) is 3. The number of hydrogen-bond acceptors (Lipinski definition) is 6. The molecule has 1 fully saturated rings. The predicted octanol–water partition coefficient (Wildman–Crippen LogP) is 3.39. The van der Waals surface area contributed by atoms with Crippen LogP contribution in [-0.2, 0) is 14.3 Å². The third kappa shape index (κ3) is 4.14. The Morgan fingerprint density at radius 1 is 1.00 bits per heavy atom. The molecule has 164 valence electrons. The van der Waals surface area contributed by atoms with E-state index in [2.05, 4.69) is 0 Å². The molecule has 1 amide bonds. The lowest BCUT2D eigenvalue weighted by molar-refractivity contribution is -0.140. The fraction of sp³-hybridized carbons (Fsp3) is 0.333. The normalized spacial score (nSPS) is 17.8. The zero-order valence-corrected chi connectivity index (χ0v) is 18.4. The van der Waals surface area contributed by atoms with Crippen molar-refractivity contribution >= 4 is 17.4 Å². The summed E-state index contributed by atoms with van der Waals surface area (Å²) in [5.74, 6) is -0.615. The summed E-state index contributed by atoms with van der Waals surface area (Å²) in [7, 11) is 4.57. The Morgan fingerprint density at radius 2 is 1.71 bits per heavy atom. The molecule has 2 aromatic rings. The second kappa shape index (κ2) is 9.22. The Labute approximate surface area is 181 Å². The third-order valence-electron chi connectivity index (χ3n) is 5.45. The van der Waals surface area contributed by atoms with Crippen molar-refractivity contribution in [2.24, 2.45) is 0 Å². The van der Waals surface area contributed by atoms with Crippen LogP contribution in [0.4, 0.5) is 0 Å². The molecule has 7 nitrogen and oxygen atoms in total. The van der Waals surface area contributed by atoms with Crippen LogP contribution in [0, 0.1) is 13.8 Å². The van der Waals surface area contributed by atoms with E-state index in [0.29, 0.717) is 22.6 Å². The van der Waals surface area contributed by atoms with Gasteiger partial charge >= 0.3 is 0 Å². The molecule has 0 spiro atoms. The van der Waals surface area contributed by atoms with Gasteiger partial charge in [0, 0.05) is 19.2 Å². The maximum atomic E-state index is 13.0. The van der Waals surface area contributed by atoms with Crippen molar-refractivity contribution in [2.75, 3.05) is 34.5 Å². The summed E-state index contributed by atoms with van der Waals surface area (Å²) >= 11 is 0. The highest BCUT2D eigenvalue weighted by molar-refractivity contribution is 6.46. The van der Waals surface area contributed by atoms with Gasteiger partial charge in [-0.1, -0.05) is 23.8 Å². The molecule has 1 heterocycles. The summed E-state index contributed by atoms with van der Waals surface area (Å²) in [6.07, 6.45) is 0. The minimum atomic E-state index is -0.783. The molecule has 1 atom stereocenters. The van der Waals surface area contributed by atoms with Gasteiger partial charge in [0.25, 0.3) is 11.7 Å². The maximum absolute atomic E-state index is 13.0. The van der Waals surface area contributed by atoms with Crippen molar-refractivity contribution in [1.29, 1.82) is 0 Å². The monoisotopic (exact) mass is 425 g/mol. The van der Waals surface area contributed by atoms with E-state index in [1.54, 1.807) is 24.3 Å². The number of Topliss-reactive ketones (excluding diaryl/α,β-unsaturated/α-hetero) is 1. The van der Waals surface area contributed by atoms with E-state index < -0.39 is 17.7 Å². The standard InChI is InChI=1S/C24H27NO6/c1-14-6-7-15(2)17(12-14)22(26)20-21(25(10-11-29-3)24(28)23(20)27)16-8-9-18(30-4)19(13-16)31-5/h6-9,12-13,21,26H,10-11H2,1-5H3/b22-20+. The Morgan fingerprint density at radius 3 is 2.35 bits per heavy atom. The van der Waals surface area contributed by atoms with Crippen LogP contribution in [0.5, 0.6) is 11.5 Å². The number of carbonyl (C=O) groups is 2. The second-order valence-electron chi connectivity index (χ2n) is 7.42. The molecule has 0 aliphatic carbocycles. The lowest BCUT2D eigenvalue weighted by Crippen LogP contribution is -2.32. The number of methoxy groups -OCH3 is 3. The maximum Gasteiger partial charge on any atom is 0.295 e. The van der Waals surface area contributed by atoms with Crippen molar-refractivity contribution in [1.82, 2.24) is 4.90 Å². The molecule has 3 rings (SSSR count). The van der Waals surface area contributed by atoms with Crippen molar-refractivity contribution in [3.8, 4) is 11.5 Å². The Balaban J connectivity index is 2.24. The third-order valence-corrected chi connectivity index (χ3v) is 5.45. The average Bonchev–Trinajstić information content (AvgIpc) is 3.03. The molecule has 0 aromatic heterocycles. The molecule has 1 N–H and O–H groups in total. The van der Waals surface area contributed by atoms with Gasteiger partial charge in [-0.2, -0.15) is 0 Å². The quantitative estimate of drug-likeness (QED) is 0.416. The van der Waals surface area contributed by atoms with E-state index in [0.717, 1.165) is 11.1 Å². The second-order valence-corrected chi connectivity index (χ2v) is 7.42. The predicted molar refractivity (Wildman–Crippen MR) is 116 cm³/mol. The van der Waals surface area contributed by atoms with Crippen LogP contribution in [0.15, 0.2) is 42.0 Å². The Bertz CT molecular complexity index is 1040. The van der Waals surface area contributed by atoms with Crippen LogP contribution >= 0.6 is 0 Å². The first-order valence-corrected chi connectivity index (χ1v) is 9.90. The van der Waals surface area contributed by atoms with E-state index in [9.17, 15) is 14.7 Å². The van der Waals surface area contributed by atoms with Crippen LogP contribution in [0.2, 0.25) is 0 Å². The molecule has 0 saturated carbocycles. The number of hydrogen-bond donors (Lipinski definition) is 1. The number of aliphatic hydroxyl groups is 1. The van der Waals surface area contributed by atoms with Gasteiger partial charge in [-0.15, -0.1) is 0 Å². The minimum Gasteiger partial charge on any atom is -0.507 e. The molecular weight excluding hydrogens is 398 g/mol. The summed E-state index contributed by atoms with van der Waals surface area (Å²) < 4.78 is 15.9. The number of aliphatic hydroxyl groups excluding tert-OH is 1. The number of amides is 1. The van der Waals surface area contributed by atoms with E-state index in [1.165, 1.54) is 26.2 Å². The fourth-order valence-electron chi connectivity index (χ4n) is 3.81. The number of rotatable bonds is 7. The minimum absolute atomic E-state index is 0.0435. The number of aryl methyl sites for hydroxylation is 2. The van der Waals surface area contributed by atoms with E-state index in [4.69, 9.17) is 14.2 Å². The molecule has 1 saturated heterocycles. The van der Waals surface area contributed by atoms with E-state index >= 15 is 0 Å².